The van der Waals surface area contributed by atoms with Crippen LogP contribution in [-0.4, -0.2) is 25.3 Å². The number of nitrogens with zero attached hydrogens (tertiary/aromatic N) is 1. The van der Waals surface area contributed by atoms with Crippen molar-refractivity contribution in [3.05, 3.63) is 86.0 Å². The quantitative estimate of drug-likeness (QED) is 0.148. The lowest BCUT2D eigenvalue weighted by Gasteiger charge is -2.14. The predicted molar refractivity (Wildman–Crippen MR) is 149 cm³/mol. The average molecular weight is 606 g/mol. The fraction of sp³-hybridized carbons (Fsp3) is 0.185. The third-order valence-electron chi connectivity index (χ3n) is 5.13. The summed E-state index contributed by atoms with van der Waals surface area (Å²) in [6, 6.07) is 15.9. The van der Waals surface area contributed by atoms with Crippen LogP contribution in [0.5, 0.6) is 17.2 Å². The van der Waals surface area contributed by atoms with Crippen LogP contribution in [0.3, 0.4) is 0 Å². The Hall–Kier alpha value is -3.20. The largest absolute Gasteiger partial charge is 0.494 e. The van der Waals surface area contributed by atoms with E-state index in [0.29, 0.717) is 56.1 Å². The molecule has 0 saturated heterocycles. The first-order valence-corrected chi connectivity index (χ1v) is 13.0. The van der Waals surface area contributed by atoms with Gasteiger partial charge in [-0.25, -0.2) is 5.43 Å². The molecule has 4 aromatic rings. The van der Waals surface area contributed by atoms with E-state index in [2.05, 4.69) is 26.5 Å². The van der Waals surface area contributed by atoms with Crippen molar-refractivity contribution in [3.63, 3.8) is 0 Å². The number of halogens is 3. The molecule has 192 valence electrons. The zero-order chi connectivity index (χ0) is 26.4. The van der Waals surface area contributed by atoms with Crippen LogP contribution < -0.4 is 19.6 Å². The van der Waals surface area contributed by atoms with E-state index in [1.54, 1.807) is 42.5 Å². The average Bonchev–Trinajstić information content (AvgIpc) is 3.31. The number of benzene rings is 3. The lowest BCUT2D eigenvalue weighted by molar-refractivity contribution is 0.0929. The molecule has 0 spiro atoms. The van der Waals surface area contributed by atoms with E-state index in [-0.39, 0.29) is 12.4 Å². The van der Waals surface area contributed by atoms with Gasteiger partial charge in [0.25, 0.3) is 0 Å². The summed E-state index contributed by atoms with van der Waals surface area (Å²) in [5, 5.41) is 5.78. The fourth-order valence-corrected chi connectivity index (χ4v) is 4.17. The second-order valence-corrected chi connectivity index (χ2v) is 9.40. The summed E-state index contributed by atoms with van der Waals surface area (Å²) < 4.78 is 23.5. The SMILES string of the molecule is CCOc1ccc2oc(C(=O)N/N=C/c3cc(OCC)c(OCc4ccc(Cl)c(Cl)c4)cc3Br)cc2c1. The summed E-state index contributed by atoms with van der Waals surface area (Å²) in [6.45, 7) is 5.05. The number of ether oxygens (including phenoxy) is 3. The molecule has 1 aromatic heterocycles. The highest BCUT2D eigenvalue weighted by Crippen LogP contribution is 2.34. The molecule has 1 amide bonds. The smallest absolute Gasteiger partial charge is 0.307 e. The summed E-state index contributed by atoms with van der Waals surface area (Å²) in [7, 11) is 0. The van der Waals surface area contributed by atoms with Crippen molar-refractivity contribution in [3.8, 4) is 17.2 Å². The molecule has 0 unspecified atom stereocenters. The molecule has 3 aromatic carbocycles. The molecule has 37 heavy (non-hydrogen) atoms. The number of fused-ring (bicyclic) bond motifs is 1. The minimum Gasteiger partial charge on any atom is -0.494 e. The molecule has 0 aliphatic heterocycles. The van der Waals surface area contributed by atoms with Crippen LogP contribution in [0.1, 0.15) is 35.5 Å². The first-order chi connectivity index (χ1) is 17.9. The number of hydrazone groups is 1. The highest BCUT2D eigenvalue weighted by Gasteiger charge is 2.14. The summed E-state index contributed by atoms with van der Waals surface area (Å²) in [5.74, 6) is 1.43. The number of hydrogen-bond acceptors (Lipinski definition) is 6. The number of nitrogens with one attached hydrogen (secondary N) is 1. The highest BCUT2D eigenvalue weighted by atomic mass is 79.9. The molecule has 7 nitrogen and oxygen atoms in total. The third kappa shape index (κ3) is 6.77. The lowest BCUT2D eigenvalue weighted by atomic mass is 10.2. The number of rotatable bonds is 10. The van der Waals surface area contributed by atoms with E-state index in [1.165, 1.54) is 6.21 Å². The molecule has 0 saturated carbocycles. The Kier molecular flexibility index (Phi) is 8.97. The van der Waals surface area contributed by atoms with Crippen LogP contribution in [-0.2, 0) is 6.61 Å². The zero-order valence-corrected chi connectivity index (χ0v) is 23.1. The van der Waals surface area contributed by atoms with Crippen LogP contribution >= 0.6 is 39.1 Å². The topological polar surface area (TPSA) is 82.3 Å². The van der Waals surface area contributed by atoms with E-state index in [0.717, 1.165) is 10.9 Å². The molecule has 1 heterocycles. The molecule has 4 rings (SSSR count). The van der Waals surface area contributed by atoms with Crippen LogP contribution in [0.25, 0.3) is 11.0 Å². The van der Waals surface area contributed by atoms with Crippen molar-refractivity contribution in [1.29, 1.82) is 0 Å². The minimum atomic E-state index is -0.479. The van der Waals surface area contributed by atoms with Crippen LogP contribution in [0.15, 0.2) is 68.6 Å². The molecule has 0 radical (unpaired) electrons. The molecular formula is C27H23BrCl2N2O5. The van der Waals surface area contributed by atoms with E-state index < -0.39 is 5.91 Å². The Morgan fingerprint density at radius 1 is 0.973 bits per heavy atom. The zero-order valence-electron chi connectivity index (χ0n) is 20.0. The molecule has 10 heteroatoms. The van der Waals surface area contributed by atoms with Crippen LogP contribution in [0.4, 0.5) is 0 Å². The fourth-order valence-electron chi connectivity index (χ4n) is 3.43. The van der Waals surface area contributed by atoms with Gasteiger partial charge >= 0.3 is 5.91 Å². The molecule has 0 aliphatic rings. The first kappa shape index (κ1) is 26.9. The van der Waals surface area contributed by atoms with Gasteiger partial charge in [0.05, 0.1) is 29.5 Å². The van der Waals surface area contributed by atoms with Gasteiger partial charge in [0.2, 0.25) is 0 Å². The second-order valence-electron chi connectivity index (χ2n) is 7.73. The van der Waals surface area contributed by atoms with Gasteiger partial charge in [-0.15, -0.1) is 0 Å². The van der Waals surface area contributed by atoms with Crippen molar-refractivity contribution < 1.29 is 23.4 Å². The lowest BCUT2D eigenvalue weighted by Crippen LogP contribution is -2.16. The molecular weight excluding hydrogens is 583 g/mol. The summed E-state index contributed by atoms with van der Waals surface area (Å²) in [4.78, 5) is 12.6. The van der Waals surface area contributed by atoms with Crippen molar-refractivity contribution in [2.45, 2.75) is 20.5 Å². The Bertz CT molecular complexity index is 1450. The van der Waals surface area contributed by atoms with Gasteiger partial charge < -0.3 is 18.6 Å². The van der Waals surface area contributed by atoms with Gasteiger partial charge in [0.15, 0.2) is 17.3 Å². The van der Waals surface area contributed by atoms with Gasteiger partial charge in [-0.05, 0) is 83.9 Å². The number of hydrogen-bond donors (Lipinski definition) is 1. The molecule has 0 bridgehead atoms. The van der Waals surface area contributed by atoms with Crippen molar-refractivity contribution in [1.82, 2.24) is 5.43 Å². The van der Waals surface area contributed by atoms with Gasteiger partial charge in [0, 0.05) is 15.4 Å². The predicted octanol–water partition coefficient (Wildman–Crippen LogP) is 7.64. The molecule has 0 atom stereocenters. The van der Waals surface area contributed by atoms with Crippen molar-refractivity contribution in [2.75, 3.05) is 13.2 Å². The monoisotopic (exact) mass is 604 g/mol. The number of amides is 1. The van der Waals surface area contributed by atoms with E-state index in [4.69, 9.17) is 41.8 Å². The minimum absolute atomic E-state index is 0.140. The summed E-state index contributed by atoms with van der Waals surface area (Å²) >= 11 is 15.6. The van der Waals surface area contributed by atoms with E-state index >= 15 is 0 Å². The number of carbonyl (C=O) groups is 1. The van der Waals surface area contributed by atoms with Gasteiger partial charge in [-0.1, -0.05) is 29.3 Å². The van der Waals surface area contributed by atoms with Gasteiger partial charge in [0.1, 0.15) is 17.9 Å². The van der Waals surface area contributed by atoms with Crippen molar-refractivity contribution in [2.24, 2.45) is 5.10 Å². The summed E-state index contributed by atoms with van der Waals surface area (Å²) in [5.41, 5.74) is 4.61. The van der Waals surface area contributed by atoms with Gasteiger partial charge in [-0.2, -0.15) is 5.10 Å². The normalized spacial score (nSPS) is 11.2. The molecule has 0 fully saturated rings. The summed E-state index contributed by atoms with van der Waals surface area (Å²) in [6.07, 6.45) is 1.50. The first-order valence-electron chi connectivity index (χ1n) is 11.4. The van der Waals surface area contributed by atoms with Crippen molar-refractivity contribution >= 4 is 62.2 Å². The highest BCUT2D eigenvalue weighted by molar-refractivity contribution is 9.10. The Morgan fingerprint density at radius 2 is 1.76 bits per heavy atom. The van der Waals surface area contributed by atoms with E-state index in [1.807, 2.05) is 26.0 Å². The Balaban J connectivity index is 1.45. The second kappa shape index (κ2) is 12.4. The van der Waals surface area contributed by atoms with Gasteiger partial charge in [-0.3, -0.25) is 4.79 Å². The van der Waals surface area contributed by atoms with Crippen LogP contribution in [0.2, 0.25) is 10.0 Å². The maximum Gasteiger partial charge on any atom is 0.307 e. The molecule has 1 N–H and O–H groups in total. The van der Waals surface area contributed by atoms with E-state index in [9.17, 15) is 4.79 Å². The number of furan rings is 1. The standard InChI is InChI=1S/C27H23BrCl2N2O5/c1-3-34-19-6-8-23-17(10-19)11-26(37-23)27(33)32-31-14-18-12-24(35-4-2)25(13-20(18)28)36-15-16-5-7-21(29)22(30)9-16/h5-14H,3-4,15H2,1-2H3,(H,32,33)/b31-14+. The maximum atomic E-state index is 12.6. The maximum absolute atomic E-state index is 12.6. The Morgan fingerprint density at radius 3 is 2.51 bits per heavy atom. The Labute approximate surface area is 232 Å². The van der Waals surface area contributed by atoms with Crippen LogP contribution in [0, 0.1) is 0 Å². The third-order valence-corrected chi connectivity index (χ3v) is 6.56. The number of carbonyl (C=O) groups excluding carboxylic acids is 1. The molecule has 0 aliphatic carbocycles.